The molecule has 2 aromatic carbocycles. The summed E-state index contributed by atoms with van der Waals surface area (Å²) in [6.45, 7) is 1.89. The van der Waals surface area contributed by atoms with Crippen molar-refractivity contribution in [2.45, 2.75) is 11.8 Å². The van der Waals surface area contributed by atoms with Gasteiger partial charge >= 0.3 is 0 Å². The Balaban J connectivity index is 2.45. The molecule has 0 heterocycles. The molecule has 0 atom stereocenters. The highest BCUT2D eigenvalue weighted by Gasteiger charge is 2.19. The number of sulfonamides is 1. The Morgan fingerprint density at radius 3 is 2.43 bits per heavy atom. The molecule has 0 unspecified atom stereocenters. The first-order valence-electron chi connectivity index (χ1n) is 6.42. The largest absolute Gasteiger partial charge is 0.495 e. The van der Waals surface area contributed by atoms with Crippen molar-refractivity contribution in [2.75, 3.05) is 24.2 Å². The minimum atomic E-state index is -3.70. The molecule has 112 valence electrons. The summed E-state index contributed by atoms with van der Waals surface area (Å²) < 4.78 is 32.9. The lowest BCUT2D eigenvalue weighted by Crippen LogP contribution is -2.15. The third-order valence-electron chi connectivity index (χ3n) is 3.05. The molecular weight excluding hydrogens is 288 g/mol. The summed E-state index contributed by atoms with van der Waals surface area (Å²) in [6, 6.07) is 12.0. The topological polar surface area (TPSA) is 67.4 Å². The molecule has 0 saturated carbocycles. The van der Waals surface area contributed by atoms with E-state index in [0.29, 0.717) is 17.1 Å². The molecule has 5 nitrogen and oxygen atoms in total. The van der Waals surface area contributed by atoms with Crippen LogP contribution >= 0.6 is 0 Å². The fourth-order valence-corrected chi connectivity index (χ4v) is 3.29. The Kier molecular flexibility index (Phi) is 4.37. The van der Waals surface area contributed by atoms with Gasteiger partial charge in [0.15, 0.2) is 0 Å². The SMILES string of the molecule is CNc1ccccc1S(=O)(=O)Nc1cc(C)ccc1OC. The second kappa shape index (κ2) is 6.05. The van der Waals surface area contributed by atoms with Gasteiger partial charge in [-0.2, -0.15) is 0 Å². The molecule has 2 rings (SSSR count). The van der Waals surface area contributed by atoms with Crippen LogP contribution in [0.2, 0.25) is 0 Å². The van der Waals surface area contributed by atoms with Gasteiger partial charge in [0.1, 0.15) is 10.6 Å². The second-order valence-corrected chi connectivity index (χ2v) is 6.21. The Morgan fingerprint density at radius 2 is 1.76 bits per heavy atom. The van der Waals surface area contributed by atoms with E-state index < -0.39 is 10.0 Å². The summed E-state index contributed by atoms with van der Waals surface area (Å²) in [5.74, 6) is 0.478. The predicted octanol–water partition coefficient (Wildman–Crippen LogP) is 2.85. The Labute approximate surface area is 125 Å². The maximum Gasteiger partial charge on any atom is 0.264 e. The molecule has 2 aromatic rings. The number of methoxy groups -OCH3 is 1. The Hall–Kier alpha value is -2.21. The quantitative estimate of drug-likeness (QED) is 0.891. The van der Waals surface area contributed by atoms with Crippen LogP contribution in [0.15, 0.2) is 47.4 Å². The molecule has 0 saturated heterocycles. The third kappa shape index (κ3) is 3.28. The van der Waals surface area contributed by atoms with Crippen LogP contribution in [0.25, 0.3) is 0 Å². The van der Waals surface area contributed by atoms with Gasteiger partial charge in [-0.25, -0.2) is 8.42 Å². The van der Waals surface area contributed by atoms with Crippen molar-refractivity contribution >= 4 is 21.4 Å². The highest BCUT2D eigenvalue weighted by molar-refractivity contribution is 7.92. The lowest BCUT2D eigenvalue weighted by molar-refractivity contribution is 0.417. The first kappa shape index (κ1) is 15.2. The summed E-state index contributed by atoms with van der Waals surface area (Å²) in [6.07, 6.45) is 0. The van der Waals surface area contributed by atoms with Gasteiger partial charge < -0.3 is 10.1 Å². The standard InChI is InChI=1S/C15H18N2O3S/c1-11-8-9-14(20-3)13(10-11)17-21(18,19)15-7-5-4-6-12(15)16-2/h4-10,16-17H,1-3H3. The molecule has 2 N–H and O–H groups in total. The van der Waals surface area contributed by atoms with Gasteiger partial charge in [0.05, 0.1) is 18.5 Å². The smallest absolute Gasteiger partial charge is 0.264 e. The van der Waals surface area contributed by atoms with Gasteiger partial charge in [0.2, 0.25) is 0 Å². The molecule has 0 amide bonds. The second-order valence-electron chi connectivity index (χ2n) is 4.56. The van der Waals surface area contributed by atoms with Gasteiger partial charge in [-0.15, -0.1) is 0 Å². The predicted molar refractivity (Wildman–Crippen MR) is 84.5 cm³/mol. The number of para-hydroxylation sites is 1. The van der Waals surface area contributed by atoms with Gasteiger partial charge in [-0.1, -0.05) is 18.2 Å². The fraction of sp³-hybridized carbons (Fsp3) is 0.200. The summed E-state index contributed by atoms with van der Waals surface area (Å²) in [7, 11) is -0.512. The van der Waals surface area contributed by atoms with Crippen LogP contribution in [-0.4, -0.2) is 22.6 Å². The van der Waals surface area contributed by atoms with Crippen molar-refractivity contribution in [1.82, 2.24) is 0 Å². The van der Waals surface area contributed by atoms with Gasteiger partial charge in [-0.3, -0.25) is 4.72 Å². The number of nitrogens with one attached hydrogen (secondary N) is 2. The van der Waals surface area contributed by atoms with Crippen molar-refractivity contribution < 1.29 is 13.2 Å². The first-order valence-corrected chi connectivity index (χ1v) is 7.90. The average Bonchev–Trinajstić information content (AvgIpc) is 2.47. The molecule has 0 aromatic heterocycles. The molecule has 0 aliphatic heterocycles. The molecular formula is C15H18N2O3S. The van der Waals surface area contributed by atoms with E-state index in [2.05, 4.69) is 10.0 Å². The van der Waals surface area contributed by atoms with Crippen LogP contribution in [0.4, 0.5) is 11.4 Å². The maximum absolute atomic E-state index is 12.6. The van der Waals surface area contributed by atoms with Crippen molar-refractivity contribution in [3.05, 3.63) is 48.0 Å². The maximum atomic E-state index is 12.6. The molecule has 0 spiro atoms. The fourth-order valence-electron chi connectivity index (χ4n) is 2.01. The Morgan fingerprint density at radius 1 is 1.05 bits per heavy atom. The minimum Gasteiger partial charge on any atom is -0.495 e. The van der Waals surface area contributed by atoms with E-state index in [-0.39, 0.29) is 4.90 Å². The molecule has 0 fully saturated rings. The number of ether oxygens (including phenoxy) is 1. The average molecular weight is 306 g/mol. The zero-order valence-corrected chi connectivity index (χ0v) is 13.0. The molecule has 0 bridgehead atoms. The number of rotatable bonds is 5. The van der Waals surface area contributed by atoms with Crippen LogP contribution in [0.5, 0.6) is 5.75 Å². The summed E-state index contributed by atoms with van der Waals surface area (Å²) in [5.41, 5.74) is 1.90. The highest BCUT2D eigenvalue weighted by atomic mass is 32.2. The van der Waals surface area contributed by atoms with Crippen LogP contribution < -0.4 is 14.8 Å². The van der Waals surface area contributed by atoms with Crippen LogP contribution in [-0.2, 0) is 10.0 Å². The lowest BCUT2D eigenvalue weighted by Gasteiger charge is -2.14. The van der Waals surface area contributed by atoms with Crippen molar-refractivity contribution in [1.29, 1.82) is 0 Å². The zero-order valence-electron chi connectivity index (χ0n) is 12.2. The van der Waals surface area contributed by atoms with Crippen LogP contribution in [0, 0.1) is 6.92 Å². The normalized spacial score (nSPS) is 11.0. The molecule has 0 radical (unpaired) electrons. The third-order valence-corrected chi connectivity index (χ3v) is 4.47. The van der Waals surface area contributed by atoms with E-state index in [1.165, 1.54) is 7.11 Å². The van der Waals surface area contributed by atoms with Crippen LogP contribution in [0.1, 0.15) is 5.56 Å². The van der Waals surface area contributed by atoms with Gasteiger partial charge in [0.25, 0.3) is 10.0 Å². The van der Waals surface area contributed by atoms with Crippen molar-refractivity contribution in [3.8, 4) is 5.75 Å². The monoisotopic (exact) mass is 306 g/mol. The number of aryl methyl sites for hydroxylation is 1. The van der Waals surface area contributed by atoms with E-state index in [4.69, 9.17) is 4.74 Å². The summed E-state index contributed by atoms with van der Waals surface area (Å²) in [4.78, 5) is 0.191. The van der Waals surface area contributed by atoms with Crippen molar-refractivity contribution in [2.24, 2.45) is 0 Å². The summed E-state index contributed by atoms with van der Waals surface area (Å²) >= 11 is 0. The van der Waals surface area contributed by atoms with E-state index in [0.717, 1.165) is 5.56 Å². The number of hydrogen-bond acceptors (Lipinski definition) is 4. The van der Waals surface area contributed by atoms with Gasteiger partial charge in [-0.05, 0) is 36.8 Å². The zero-order chi connectivity index (χ0) is 15.5. The lowest BCUT2D eigenvalue weighted by atomic mass is 10.2. The van der Waals surface area contributed by atoms with Crippen molar-refractivity contribution in [3.63, 3.8) is 0 Å². The molecule has 21 heavy (non-hydrogen) atoms. The number of hydrogen-bond donors (Lipinski definition) is 2. The van der Waals surface area contributed by atoms with Crippen LogP contribution in [0.3, 0.4) is 0 Å². The van der Waals surface area contributed by atoms with E-state index in [1.54, 1.807) is 43.4 Å². The number of anilines is 2. The first-order chi connectivity index (χ1) is 9.97. The summed E-state index contributed by atoms with van der Waals surface area (Å²) in [5, 5.41) is 2.88. The Bertz CT molecular complexity index is 742. The van der Waals surface area contributed by atoms with E-state index in [9.17, 15) is 8.42 Å². The highest BCUT2D eigenvalue weighted by Crippen LogP contribution is 2.29. The van der Waals surface area contributed by atoms with E-state index in [1.807, 2.05) is 13.0 Å². The van der Waals surface area contributed by atoms with Gasteiger partial charge in [0, 0.05) is 7.05 Å². The molecule has 6 heteroatoms. The molecule has 0 aliphatic carbocycles. The molecule has 0 aliphatic rings. The minimum absolute atomic E-state index is 0.191. The number of benzene rings is 2. The van der Waals surface area contributed by atoms with E-state index >= 15 is 0 Å².